The van der Waals surface area contributed by atoms with Gasteiger partial charge >= 0.3 is 6.18 Å². The first-order valence-electron chi connectivity index (χ1n) is 7.43. The third-order valence-electron chi connectivity index (χ3n) is 3.40. The first-order valence-corrected chi connectivity index (χ1v) is 7.43. The van der Waals surface area contributed by atoms with Crippen LogP contribution in [0.4, 0.5) is 13.2 Å². The third kappa shape index (κ3) is 7.78. The highest BCUT2D eigenvalue weighted by Crippen LogP contribution is 2.21. The Labute approximate surface area is 115 Å². The lowest BCUT2D eigenvalue weighted by molar-refractivity contribution is -0.152. The molecular formula is C14H29F3N2. The summed E-state index contributed by atoms with van der Waals surface area (Å²) in [6.45, 7) is 8.42. The third-order valence-corrected chi connectivity index (χ3v) is 3.40. The molecule has 0 aromatic rings. The zero-order valence-corrected chi connectivity index (χ0v) is 12.7. The molecule has 116 valence electrons. The van der Waals surface area contributed by atoms with Crippen LogP contribution in [-0.4, -0.2) is 42.8 Å². The van der Waals surface area contributed by atoms with Crippen LogP contribution in [0, 0.1) is 0 Å². The molecule has 0 aliphatic heterocycles. The van der Waals surface area contributed by atoms with Gasteiger partial charge in [-0.15, -0.1) is 0 Å². The molecule has 0 fully saturated rings. The van der Waals surface area contributed by atoms with Crippen LogP contribution in [-0.2, 0) is 0 Å². The van der Waals surface area contributed by atoms with Gasteiger partial charge in [0.15, 0.2) is 0 Å². The SMILES string of the molecule is CCCNC(CCC)C(CC)N(CC)CC(F)(F)F. The number of nitrogens with zero attached hydrogens (tertiary/aromatic N) is 1. The van der Waals surface area contributed by atoms with E-state index in [9.17, 15) is 13.2 Å². The van der Waals surface area contributed by atoms with Crippen LogP contribution in [0.1, 0.15) is 53.4 Å². The summed E-state index contributed by atoms with van der Waals surface area (Å²) in [5, 5.41) is 3.41. The first kappa shape index (κ1) is 18.7. The minimum Gasteiger partial charge on any atom is -0.312 e. The molecule has 0 aromatic heterocycles. The average molecular weight is 282 g/mol. The minimum atomic E-state index is -4.12. The molecule has 19 heavy (non-hydrogen) atoms. The number of halogens is 3. The second-order valence-electron chi connectivity index (χ2n) is 5.00. The van der Waals surface area contributed by atoms with Crippen molar-refractivity contribution < 1.29 is 13.2 Å². The highest BCUT2D eigenvalue weighted by Gasteiger charge is 2.34. The molecule has 0 spiro atoms. The van der Waals surface area contributed by atoms with Crippen LogP contribution >= 0.6 is 0 Å². The first-order chi connectivity index (χ1) is 8.89. The highest BCUT2D eigenvalue weighted by atomic mass is 19.4. The van der Waals surface area contributed by atoms with Crippen molar-refractivity contribution in [3.05, 3.63) is 0 Å². The Kier molecular flexibility index (Phi) is 9.44. The number of hydrogen-bond donors (Lipinski definition) is 1. The van der Waals surface area contributed by atoms with Crippen molar-refractivity contribution in [1.29, 1.82) is 0 Å². The van der Waals surface area contributed by atoms with Crippen LogP contribution in [0.5, 0.6) is 0 Å². The maximum Gasteiger partial charge on any atom is 0.401 e. The van der Waals surface area contributed by atoms with Gasteiger partial charge in [0.2, 0.25) is 0 Å². The zero-order chi connectivity index (χ0) is 14.9. The number of nitrogens with one attached hydrogen (secondary N) is 1. The lowest BCUT2D eigenvalue weighted by atomic mass is 9.98. The average Bonchev–Trinajstić information content (AvgIpc) is 2.33. The lowest BCUT2D eigenvalue weighted by Crippen LogP contribution is -2.52. The van der Waals surface area contributed by atoms with Crippen molar-refractivity contribution in [3.8, 4) is 0 Å². The Hall–Kier alpha value is -0.290. The summed E-state index contributed by atoms with van der Waals surface area (Å²) in [6.07, 6.45) is -0.466. The van der Waals surface area contributed by atoms with Crippen molar-refractivity contribution in [3.63, 3.8) is 0 Å². The fraction of sp³-hybridized carbons (Fsp3) is 1.00. The summed E-state index contributed by atoms with van der Waals surface area (Å²) in [7, 11) is 0. The molecule has 0 rings (SSSR count). The Morgan fingerprint density at radius 2 is 1.68 bits per heavy atom. The number of alkyl halides is 3. The molecule has 0 aliphatic rings. The molecule has 0 aromatic carbocycles. The maximum atomic E-state index is 12.6. The maximum absolute atomic E-state index is 12.6. The fourth-order valence-electron chi connectivity index (χ4n) is 2.56. The van der Waals surface area contributed by atoms with Crippen LogP contribution in [0.25, 0.3) is 0 Å². The van der Waals surface area contributed by atoms with E-state index in [4.69, 9.17) is 0 Å². The van der Waals surface area contributed by atoms with E-state index < -0.39 is 12.7 Å². The largest absolute Gasteiger partial charge is 0.401 e. The normalized spacial score (nSPS) is 15.8. The van der Waals surface area contributed by atoms with Crippen LogP contribution in [0.15, 0.2) is 0 Å². The van der Waals surface area contributed by atoms with E-state index in [0.29, 0.717) is 6.54 Å². The van der Waals surface area contributed by atoms with Gasteiger partial charge in [0.25, 0.3) is 0 Å². The summed E-state index contributed by atoms with van der Waals surface area (Å²) in [4.78, 5) is 1.56. The van der Waals surface area contributed by atoms with Gasteiger partial charge < -0.3 is 5.32 Å². The summed E-state index contributed by atoms with van der Waals surface area (Å²) in [6, 6.07) is 0.107. The van der Waals surface area contributed by atoms with Crippen LogP contribution < -0.4 is 5.32 Å². The standard InChI is InChI=1S/C14H29F3N2/c1-5-9-12(18-10-6-2)13(7-3)19(8-4)11-14(15,16)17/h12-13,18H,5-11H2,1-4H3. The van der Waals surface area contributed by atoms with E-state index >= 15 is 0 Å². The van der Waals surface area contributed by atoms with E-state index in [1.807, 2.05) is 6.92 Å². The molecule has 2 atom stereocenters. The van der Waals surface area contributed by atoms with Gasteiger partial charge in [-0.05, 0) is 32.4 Å². The second kappa shape index (κ2) is 9.59. The van der Waals surface area contributed by atoms with E-state index in [0.717, 1.165) is 32.2 Å². The second-order valence-corrected chi connectivity index (χ2v) is 5.00. The Bertz CT molecular complexity index is 219. The lowest BCUT2D eigenvalue weighted by Gasteiger charge is -2.37. The van der Waals surface area contributed by atoms with Gasteiger partial charge in [0.1, 0.15) is 0 Å². The molecule has 5 heteroatoms. The van der Waals surface area contributed by atoms with Crippen molar-refractivity contribution in [2.45, 2.75) is 71.6 Å². The quantitative estimate of drug-likeness (QED) is 0.655. The molecule has 2 nitrogen and oxygen atoms in total. The van der Waals surface area contributed by atoms with Gasteiger partial charge in [-0.25, -0.2) is 0 Å². The van der Waals surface area contributed by atoms with Crippen molar-refractivity contribution in [1.82, 2.24) is 10.2 Å². The van der Waals surface area contributed by atoms with Gasteiger partial charge in [0.05, 0.1) is 6.54 Å². The van der Waals surface area contributed by atoms with E-state index in [1.54, 1.807) is 11.8 Å². The summed E-state index contributed by atoms with van der Waals surface area (Å²) >= 11 is 0. The van der Waals surface area contributed by atoms with Gasteiger partial charge in [0, 0.05) is 12.1 Å². The highest BCUT2D eigenvalue weighted by molar-refractivity contribution is 4.84. The topological polar surface area (TPSA) is 15.3 Å². The van der Waals surface area contributed by atoms with Gasteiger partial charge in [-0.1, -0.05) is 34.1 Å². The molecule has 1 N–H and O–H groups in total. The summed E-state index contributed by atoms with van der Waals surface area (Å²) in [5.41, 5.74) is 0. The number of hydrogen-bond acceptors (Lipinski definition) is 2. The number of likely N-dealkylation sites (N-methyl/N-ethyl adjacent to an activating group) is 1. The van der Waals surface area contributed by atoms with Crippen molar-refractivity contribution in [2.75, 3.05) is 19.6 Å². The van der Waals surface area contributed by atoms with Crippen LogP contribution in [0.3, 0.4) is 0 Å². The monoisotopic (exact) mass is 282 g/mol. The predicted molar refractivity (Wildman–Crippen MR) is 74.4 cm³/mol. The van der Waals surface area contributed by atoms with Crippen molar-refractivity contribution >= 4 is 0 Å². The summed E-state index contributed by atoms with van der Waals surface area (Å²) < 4.78 is 37.9. The van der Waals surface area contributed by atoms with Crippen LogP contribution in [0.2, 0.25) is 0 Å². The summed E-state index contributed by atoms with van der Waals surface area (Å²) in [5.74, 6) is 0. The zero-order valence-electron chi connectivity index (χ0n) is 12.7. The molecule has 0 bridgehead atoms. The predicted octanol–water partition coefficient (Wildman–Crippen LogP) is 3.82. The molecule has 0 heterocycles. The molecule has 0 radical (unpaired) electrons. The Balaban J connectivity index is 4.76. The molecular weight excluding hydrogens is 253 g/mol. The van der Waals surface area contributed by atoms with Crippen molar-refractivity contribution in [2.24, 2.45) is 0 Å². The van der Waals surface area contributed by atoms with E-state index in [2.05, 4.69) is 19.2 Å². The minimum absolute atomic E-state index is 0.0434. The smallest absolute Gasteiger partial charge is 0.312 e. The van der Waals surface area contributed by atoms with Gasteiger partial charge in [-0.3, -0.25) is 4.90 Å². The number of rotatable bonds is 10. The van der Waals surface area contributed by atoms with E-state index in [-0.39, 0.29) is 12.1 Å². The Morgan fingerprint density at radius 1 is 1.05 bits per heavy atom. The molecule has 0 aliphatic carbocycles. The molecule has 0 amide bonds. The fourth-order valence-corrected chi connectivity index (χ4v) is 2.56. The van der Waals surface area contributed by atoms with E-state index in [1.165, 1.54) is 0 Å². The molecule has 0 saturated heterocycles. The molecule has 2 unspecified atom stereocenters. The Morgan fingerprint density at radius 3 is 2.05 bits per heavy atom. The molecule has 0 saturated carbocycles. The van der Waals surface area contributed by atoms with Gasteiger partial charge in [-0.2, -0.15) is 13.2 Å².